The number of hydrogen-bond donors (Lipinski definition) is 1. The molecule has 0 saturated carbocycles. The summed E-state index contributed by atoms with van der Waals surface area (Å²) in [5.41, 5.74) is 2.62. The standard InChI is InChI=1S/C14H13NO3/c1-18-14(17)10-4-2-8-3-5-11-9(6-7-15-11)12(8)13(10)16/h3,5-7,10,15H,2,4H2,1H3. The molecule has 0 radical (unpaired) electrons. The summed E-state index contributed by atoms with van der Waals surface area (Å²) in [5, 5.41) is 0.895. The number of carbonyl (C=O) groups is 2. The predicted octanol–water partition coefficient (Wildman–Crippen LogP) is 2.09. The van der Waals surface area contributed by atoms with Crippen LogP contribution < -0.4 is 0 Å². The molecule has 4 heteroatoms. The van der Waals surface area contributed by atoms with Gasteiger partial charge in [0.15, 0.2) is 5.78 Å². The number of rotatable bonds is 1. The van der Waals surface area contributed by atoms with Gasteiger partial charge in [-0.1, -0.05) is 6.07 Å². The minimum Gasteiger partial charge on any atom is -0.468 e. The predicted molar refractivity (Wildman–Crippen MR) is 66.5 cm³/mol. The average Bonchev–Trinajstić information content (AvgIpc) is 2.86. The van der Waals surface area contributed by atoms with Crippen LogP contribution in [-0.2, 0) is 16.0 Å². The van der Waals surface area contributed by atoms with Crippen LogP contribution in [0.15, 0.2) is 24.4 Å². The second-order valence-corrected chi connectivity index (χ2v) is 4.52. The molecule has 1 unspecified atom stereocenters. The number of aromatic amines is 1. The molecule has 18 heavy (non-hydrogen) atoms. The Morgan fingerprint density at radius 1 is 1.39 bits per heavy atom. The first-order chi connectivity index (χ1) is 8.72. The lowest BCUT2D eigenvalue weighted by Crippen LogP contribution is -2.30. The van der Waals surface area contributed by atoms with E-state index in [1.807, 2.05) is 18.2 Å². The highest BCUT2D eigenvalue weighted by Crippen LogP contribution is 2.31. The van der Waals surface area contributed by atoms with E-state index in [1.165, 1.54) is 7.11 Å². The third-order valence-corrected chi connectivity index (χ3v) is 3.57. The number of ether oxygens (including phenoxy) is 1. The van der Waals surface area contributed by atoms with Gasteiger partial charge >= 0.3 is 5.97 Å². The van der Waals surface area contributed by atoms with E-state index >= 15 is 0 Å². The highest BCUT2D eigenvalue weighted by atomic mass is 16.5. The molecule has 0 spiro atoms. The molecule has 1 atom stereocenters. The highest BCUT2D eigenvalue weighted by Gasteiger charge is 2.34. The Balaban J connectivity index is 2.16. The first kappa shape index (κ1) is 11.0. The number of carbonyl (C=O) groups excluding carboxylic acids is 2. The lowest BCUT2D eigenvalue weighted by atomic mass is 9.81. The van der Waals surface area contributed by atoms with Gasteiger partial charge < -0.3 is 9.72 Å². The van der Waals surface area contributed by atoms with Crippen LogP contribution in [0.2, 0.25) is 0 Å². The normalized spacial score (nSPS) is 18.7. The molecule has 92 valence electrons. The van der Waals surface area contributed by atoms with Crippen molar-refractivity contribution in [2.75, 3.05) is 7.11 Å². The number of fused-ring (bicyclic) bond motifs is 3. The van der Waals surface area contributed by atoms with Gasteiger partial charge in [-0.05, 0) is 30.5 Å². The molecular formula is C14H13NO3. The molecule has 1 aliphatic rings. The number of hydrogen-bond acceptors (Lipinski definition) is 3. The van der Waals surface area contributed by atoms with Crippen molar-refractivity contribution in [2.24, 2.45) is 5.92 Å². The lowest BCUT2D eigenvalue weighted by molar-refractivity contribution is -0.143. The van der Waals surface area contributed by atoms with Gasteiger partial charge in [-0.15, -0.1) is 0 Å². The van der Waals surface area contributed by atoms with Gasteiger partial charge in [-0.25, -0.2) is 0 Å². The van der Waals surface area contributed by atoms with Gasteiger partial charge in [0.2, 0.25) is 0 Å². The van der Waals surface area contributed by atoms with E-state index in [1.54, 1.807) is 6.20 Å². The molecular weight excluding hydrogens is 230 g/mol. The minimum atomic E-state index is -0.650. The van der Waals surface area contributed by atoms with Crippen molar-refractivity contribution in [1.29, 1.82) is 0 Å². The van der Waals surface area contributed by atoms with Crippen molar-refractivity contribution in [2.45, 2.75) is 12.8 Å². The maximum Gasteiger partial charge on any atom is 0.316 e. The topological polar surface area (TPSA) is 59.2 Å². The average molecular weight is 243 g/mol. The van der Waals surface area contributed by atoms with Crippen molar-refractivity contribution >= 4 is 22.7 Å². The van der Waals surface area contributed by atoms with E-state index in [2.05, 4.69) is 4.98 Å². The summed E-state index contributed by atoms with van der Waals surface area (Å²) in [5.74, 6) is -1.20. The number of aryl methyl sites for hydroxylation is 1. The van der Waals surface area contributed by atoms with E-state index in [-0.39, 0.29) is 5.78 Å². The Morgan fingerprint density at radius 2 is 2.22 bits per heavy atom. The monoisotopic (exact) mass is 243 g/mol. The SMILES string of the molecule is COC(=O)C1CCc2ccc3[nH]ccc3c2C1=O. The number of benzene rings is 1. The molecule has 0 aliphatic heterocycles. The number of nitrogens with one attached hydrogen (secondary N) is 1. The second kappa shape index (κ2) is 3.98. The summed E-state index contributed by atoms with van der Waals surface area (Å²) in [4.78, 5) is 27.1. The summed E-state index contributed by atoms with van der Waals surface area (Å²) >= 11 is 0. The molecule has 1 aromatic carbocycles. The summed E-state index contributed by atoms with van der Waals surface area (Å²) in [6, 6.07) is 5.81. The van der Waals surface area contributed by atoms with Crippen molar-refractivity contribution in [3.05, 3.63) is 35.5 Å². The Labute approximate surface area is 104 Å². The Bertz CT molecular complexity index is 642. The maximum atomic E-state index is 12.4. The summed E-state index contributed by atoms with van der Waals surface area (Å²) in [7, 11) is 1.32. The Kier molecular flexibility index (Phi) is 2.44. The number of Topliss-reactive ketones (excluding diaryl/α,β-unsaturated/α-hetero) is 1. The quantitative estimate of drug-likeness (QED) is 0.616. The molecule has 2 aromatic rings. The number of H-pyrrole nitrogens is 1. The van der Waals surface area contributed by atoms with Crippen molar-refractivity contribution in [3.8, 4) is 0 Å². The fourth-order valence-electron chi connectivity index (χ4n) is 2.65. The van der Waals surface area contributed by atoms with Crippen molar-refractivity contribution in [3.63, 3.8) is 0 Å². The van der Waals surface area contributed by atoms with Crippen LogP contribution in [0.25, 0.3) is 10.9 Å². The molecule has 1 aromatic heterocycles. The van der Waals surface area contributed by atoms with Crippen molar-refractivity contribution < 1.29 is 14.3 Å². The fourth-order valence-corrected chi connectivity index (χ4v) is 2.65. The first-order valence-corrected chi connectivity index (χ1v) is 5.93. The van der Waals surface area contributed by atoms with Gasteiger partial charge in [0.1, 0.15) is 5.92 Å². The Hall–Kier alpha value is -2.10. The molecule has 3 rings (SSSR count). The lowest BCUT2D eigenvalue weighted by Gasteiger charge is -2.22. The Morgan fingerprint density at radius 3 is 3.00 bits per heavy atom. The molecule has 0 bridgehead atoms. The van der Waals surface area contributed by atoms with E-state index in [0.717, 1.165) is 22.9 Å². The van der Waals surface area contributed by atoms with E-state index in [4.69, 9.17) is 4.74 Å². The second-order valence-electron chi connectivity index (χ2n) is 4.52. The van der Waals surface area contributed by atoms with Gasteiger partial charge in [0.25, 0.3) is 0 Å². The minimum absolute atomic E-state index is 0.117. The largest absolute Gasteiger partial charge is 0.468 e. The maximum absolute atomic E-state index is 12.4. The number of ketones is 1. The number of aromatic nitrogens is 1. The summed E-state index contributed by atoms with van der Waals surface area (Å²) in [6.07, 6.45) is 3.08. The third-order valence-electron chi connectivity index (χ3n) is 3.57. The molecule has 0 fully saturated rings. The van der Waals surface area contributed by atoms with Gasteiger partial charge in [0, 0.05) is 22.7 Å². The van der Waals surface area contributed by atoms with Gasteiger partial charge in [-0.2, -0.15) is 0 Å². The van der Waals surface area contributed by atoms with Gasteiger partial charge in [-0.3, -0.25) is 9.59 Å². The summed E-state index contributed by atoms with van der Waals surface area (Å²) in [6.45, 7) is 0. The zero-order valence-electron chi connectivity index (χ0n) is 10.0. The van der Waals surface area contributed by atoms with Crippen molar-refractivity contribution in [1.82, 2.24) is 4.98 Å². The van der Waals surface area contributed by atoms with E-state index in [0.29, 0.717) is 12.0 Å². The van der Waals surface area contributed by atoms with E-state index in [9.17, 15) is 9.59 Å². The van der Waals surface area contributed by atoms with Crippen LogP contribution in [0.4, 0.5) is 0 Å². The van der Waals surface area contributed by atoms with E-state index < -0.39 is 11.9 Å². The zero-order chi connectivity index (χ0) is 12.7. The smallest absolute Gasteiger partial charge is 0.316 e. The highest BCUT2D eigenvalue weighted by molar-refractivity contribution is 6.16. The molecule has 0 saturated heterocycles. The van der Waals surface area contributed by atoms with Crippen LogP contribution in [0, 0.1) is 5.92 Å². The van der Waals surface area contributed by atoms with Crippen LogP contribution in [0.1, 0.15) is 22.3 Å². The van der Waals surface area contributed by atoms with Crippen LogP contribution in [0.5, 0.6) is 0 Å². The van der Waals surface area contributed by atoms with Gasteiger partial charge in [0.05, 0.1) is 7.11 Å². The molecule has 1 heterocycles. The molecule has 0 amide bonds. The fraction of sp³-hybridized carbons (Fsp3) is 0.286. The summed E-state index contributed by atoms with van der Waals surface area (Å²) < 4.78 is 4.70. The molecule has 1 N–H and O–H groups in total. The number of esters is 1. The first-order valence-electron chi connectivity index (χ1n) is 5.93. The van der Waals surface area contributed by atoms with Crippen LogP contribution >= 0.6 is 0 Å². The van der Waals surface area contributed by atoms with Crippen LogP contribution in [0.3, 0.4) is 0 Å². The van der Waals surface area contributed by atoms with Crippen LogP contribution in [-0.4, -0.2) is 23.8 Å². The number of methoxy groups -OCH3 is 1. The third kappa shape index (κ3) is 1.45. The molecule has 1 aliphatic carbocycles. The molecule has 4 nitrogen and oxygen atoms in total. The zero-order valence-corrected chi connectivity index (χ0v) is 10.0.